The lowest BCUT2D eigenvalue weighted by molar-refractivity contribution is -0.139. The maximum atomic E-state index is 15.0. The molecule has 0 saturated carbocycles. The second-order valence-electron chi connectivity index (χ2n) is 12.8. The Labute approximate surface area is 248 Å². The molecule has 8 heteroatoms. The summed E-state index contributed by atoms with van der Waals surface area (Å²) < 4.78 is 28.8. The second-order valence-corrected chi connectivity index (χ2v) is 13.2. The largest absolute Gasteiger partial charge is 0.350 e. The van der Waals surface area contributed by atoms with E-state index in [9.17, 15) is 14.0 Å². The molecule has 41 heavy (non-hydrogen) atoms. The highest BCUT2D eigenvalue weighted by Crippen LogP contribution is 2.40. The Hall–Kier alpha value is -2.51. The van der Waals surface area contributed by atoms with Gasteiger partial charge >= 0.3 is 0 Å². The molecule has 0 bridgehead atoms. The van der Waals surface area contributed by atoms with Gasteiger partial charge in [-0.2, -0.15) is 0 Å². The van der Waals surface area contributed by atoms with Crippen LogP contribution in [0.3, 0.4) is 0 Å². The monoisotopic (exact) mass is 587 g/mol. The molecule has 2 aromatic carbocycles. The first kappa shape index (κ1) is 31.4. The standard InChI is InChI=1S/C33H44ClF2N3O2/c1-7-31(37-21(3)40)27-16-20(2)29(34)18-26(27)22-10-13-38(14-11-22)32(41)25-12-15-39(33(4,5)6)19-28(25)24-9-8-23(35)17-30(24)36/h8-9,16-18,22,25,28,31H,7,10-15,19H2,1-6H3,(H,37,40)/t25?,28-,31?/m0/s1. The molecule has 2 aliphatic heterocycles. The van der Waals surface area contributed by atoms with Gasteiger partial charge in [-0.3, -0.25) is 14.5 Å². The van der Waals surface area contributed by atoms with Crippen molar-refractivity contribution in [1.29, 1.82) is 0 Å². The zero-order chi connectivity index (χ0) is 30.1. The fourth-order valence-electron chi connectivity index (χ4n) is 6.64. The van der Waals surface area contributed by atoms with Crippen LogP contribution in [0.2, 0.25) is 5.02 Å². The normalized spacial score (nSPS) is 21.5. The van der Waals surface area contributed by atoms with E-state index in [2.05, 4.69) is 44.0 Å². The van der Waals surface area contributed by atoms with Crippen LogP contribution < -0.4 is 5.32 Å². The summed E-state index contributed by atoms with van der Waals surface area (Å²) in [5.74, 6) is -1.71. The van der Waals surface area contributed by atoms with Gasteiger partial charge in [0, 0.05) is 55.0 Å². The molecule has 0 aliphatic carbocycles. The smallest absolute Gasteiger partial charge is 0.226 e. The molecule has 0 aromatic heterocycles. The van der Waals surface area contributed by atoms with Crippen LogP contribution in [-0.2, 0) is 9.59 Å². The minimum Gasteiger partial charge on any atom is -0.350 e. The molecule has 2 heterocycles. The van der Waals surface area contributed by atoms with Crippen molar-refractivity contribution >= 4 is 23.4 Å². The number of rotatable bonds is 6. The molecule has 2 amide bonds. The number of nitrogens with zero attached hydrogens (tertiary/aromatic N) is 2. The molecule has 2 unspecified atom stereocenters. The topological polar surface area (TPSA) is 52.7 Å². The van der Waals surface area contributed by atoms with Gasteiger partial charge in [0.15, 0.2) is 0 Å². The van der Waals surface area contributed by atoms with Crippen LogP contribution >= 0.6 is 11.6 Å². The Kier molecular flexibility index (Phi) is 9.80. The molecule has 3 atom stereocenters. The van der Waals surface area contributed by atoms with Gasteiger partial charge in [0.05, 0.1) is 6.04 Å². The van der Waals surface area contributed by atoms with Crippen molar-refractivity contribution < 1.29 is 18.4 Å². The Morgan fingerprint density at radius 2 is 1.73 bits per heavy atom. The Morgan fingerprint density at radius 1 is 1.05 bits per heavy atom. The third-order valence-electron chi connectivity index (χ3n) is 9.01. The maximum Gasteiger partial charge on any atom is 0.226 e. The summed E-state index contributed by atoms with van der Waals surface area (Å²) in [4.78, 5) is 30.1. The molecule has 2 aliphatic rings. The van der Waals surface area contributed by atoms with Crippen molar-refractivity contribution in [2.24, 2.45) is 5.92 Å². The van der Waals surface area contributed by atoms with E-state index in [0.29, 0.717) is 36.6 Å². The summed E-state index contributed by atoms with van der Waals surface area (Å²) in [6.45, 7) is 14.4. The van der Waals surface area contributed by atoms with Gasteiger partial charge in [-0.1, -0.05) is 30.7 Å². The zero-order valence-corrected chi connectivity index (χ0v) is 26.0. The molecule has 0 radical (unpaired) electrons. The Bertz CT molecular complexity index is 1270. The molecule has 224 valence electrons. The number of hydrogen-bond donors (Lipinski definition) is 1. The first-order valence-corrected chi connectivity index (χ1v) is 15.2. The summed E-state index contributed by atoms with van der Waals surface area (Å²) in [6, 6.07) is 7.75. The lowest BCUT2D eigenvalue weighted by Gasteiger charge is -2.46. The fraction of sp³-hybridized carbons (Fsp3) is 0.576. The molecule has 5 nitrogen and oxygen atoms in total. The van der Waals surface area contributed by atoms with Crippen LogP contribution in [0.1, 0.15) is 100 Å². The second kappa shape index (κ2) is 12.8. The lowest BCUT2D eigenvalue weighted by atomic mass is 9.77. The van der Waals surface area contributed by atoms with Crippen LogP contribution in [0.5, 0.6) is 0 Å². The molecule has 1 N–H and O–H groups in total. The van der Waals surface area contributed by atoms with E-state index in [1.165, 1.54) is 19.1 Å². The first-order chi connectivity index (χ1) is 19.3. The predicted molar refractivity (Wildman–Crippen MR) is 160 cm³/mol. The van der Waals surface area contributed by atoms with E-state index in [1.54, 1.807) is 0 Å². The SMILES string of the molecule is CCC(NC(C)=O)c1cc(C)c(Cl)cc1C1CCN(C(=O)C2CCN(C(C)(C)C)C[C@H]2c2ccc(F)cc2F)CC1. The van der Waals surface area contributed by atoms with Gasteiger partial charge in [-0.05, 0) is 100 Å². The van der Waals surface area contributed by atoms with E-state index in [1.807, 2.05) is 17.9 Å². The molecule has 2 fully saturated rings. The molecule has 2 aromatic rings. The summed E-state index contributed by atoms with van der Waals surface area (Å²) in [7, 11) is 0. The van der Waals surface area contributed by atoms with Crippen molar-refractivity contribution in [3.05, 3.63) is 69.2 Å². The number of amides is 2. The third-order valence-corrected chi connectivity index (χ3v) is 9.42. The number of halogens is 3. The predicted octanol–water partition coefficient (Wildman–Crippen LogP) is 7.12. The van der Waals surface area contributed by atoms with Gasteiger partial charge in [0.1, 0.15) is 11.6 Å². The molecular weight excluding hydrogens is 544 g/mol. The highest BCUT2D eigenvalue weighted by molar-refractivity contribution is 6.31. The summed E-state index contributed by atoms with van der Waals surface area (Å²) in [6.07, 6.45) is 2.96. The number of hydrogen-bond acceptors (Lipinski definition) is 3. The van der Waals surface area contributed by atoms with E-state index < -0.39 is 11.6 Å². The molecule has 2 saturated heterocycles. The number of benzene rings is 2. The van der Waals surface area contributed by atoms with E-state index in [0.717, 1.165) is 48.6 Å². The minimum atomic E-state index is -0.612. The number of aryl methyl sites for hydroxylation is 1. The number of likely N-dealkylation sites (tertiary alicyclic amines) is 2. The highest BCUT2D eigenvalue weighted by Gasteiger charge is 2.41. The summed E-state index contributed by atoms with van der Waals surface area (Å²) >= 11 is 6.57. The van der Waals surface area contributed by atoms with E-state index in [4.69, 9.17) is 11.6 Å². The Morgan fingerprint density at radius 3 is 2.32 bits per heavy atom. The summed E-state index contributed by atoms with van der Waals surface area (Å²) in [5, 5.41) is 3.78. The van der Waals surface area contributed by atoms with Crippen molar-refractivity contribution in [3.8, 4) is 0 Å². The van der Waals surface area contributed by atoms with Crippen LogP contribution in [0, 0.1) is 24.5 Å². The third kappa shape index (κ3) is 7.11. The molecule has 4 rings (SSSR count). The van der Waals surface area contributed by atoms with E-state index >= 15 is 4.39 Å². The minimum absolute atomic E-state index is 0.0533. The van der Waals surface area contributed by atoms with Gasteiger partial charge < -0.3 is 10.2 Å². The quantitative estimate of drug-likeness (QED) is 0.391. The highest BCUT2D eigenvalue weighted by atomic mass is 35.5. The fourth-order valence-corrected chi connectivity index (χ4v) is 6.81. The maximum absolute atomic E-state index is 15.0. The molecule has 0 spiro atoms. The van der Waals surface area contributed by atoms with Crippen LogP contribution in [0.15, 0.2) is 30.3 Å². The van der Waals surface area contributed by atoms with Crippen molar-refractivity contribution in [2.75, 3.05) is 26.2 Å². The number of carbonyl (C=O) groups is 2. The van der Waals surface area contributed by atoms with Gasteiger partial charge in [-0.25, -0.2) is 8.78 Å². The van der Waals surface area contributed by atoms with Crippen LogP contribution in [-0.4, -0.2) is 53.3 Å². The zero-order valence-electron chi connectivity index (χ0n) is 25.2. The number of carbonyl (C=O) groups excluding carboxylic acids is 2. The van der Waals surface area contributed by atoms with Gasteiger partial charge in [0.25, 0.3) is 0 Å². The van der Waals surface area contributed by atoms with Crippen molar-refractivity contribution in [2.45, 2.75) is 90.6 Å². The van der Waals surface area contributed by atoms with Crippen molar-refractivity contribution in [3.63, 3.8) is 0 Å². The average Bonchev–Trinajstić information content (AvgIpc) is 2.92. The van der Waals surface area contributed by atoms with Crippen molar-refractivity contribution in [1.82, 2.24) is 15.1 Å². The van der Waals surface area contributed by atoms with E-state index in [-0.39, 0.29) is 41.1 Å². The average molecular weight is 588 g/mol. The first-order valence-electron chi connectivity index (χ1n) is 14.9. The summed E-state index contributed by atoms with van der Waals surface area (Å²) in [5.41, 5.74) is 3.49. The number of piperidine rings is 2. The Balaban J connectivity index is 1.54. The van der Waals surface area contributed by atoms with Gasteiger partial charge in [0.2, 0.25) is 11.8 Å². The van der Waals surface area contributed by atoms with Crippen LogP contribution in [0.4, 0.5) is 8.78 Å². The van der Waals surface area contributed by atoms with Crippen LogP contribution in [0.25, 0.3) is 0 Å². The van der Waals surface area contributed by atoms with Gasteiger partial charge in [-0.15, -0.1) is 0 Å². The molecular formula is C33H44ClF2N3O2. The lowest BCUT2D eigenvalue weighted by Crippen LogP contribution is -2.53. The number of nitrogens with one attached hydrogen (secondary N) is 1.